The molecule has 0 spiro atoms. The summed E-state index contributed by atoms with van der Waals surface area (Å²) in [4.78, 5) is 11.7. The van der Waals surface area contributed by atoms with Gasteiger partial charge in [0.15, 0.2) is 0 Å². The van der Waals surface area contributed by atoms with E-state index >= 15 is 0 Å². The third-order valence-electron chi connectivity index (χ3n) is 3.60. The van der Waals surface area contributed by atoms with Crippen LogP contribution in [0.3, 0.4) is 0 Å². The zero-order valence-corrected chi connectivity index (χ0v) is 13.2. The number of alkyl carbamates (subject to hydrolysis) is 1. The van der Waals surface area contributed by atoms with Crippen LogP contribution >= 0.6 is 0 Å². The molecule has 5 nitrogen and oxygen atoms in total. The third-order valence-corrected chi connectivity index (χ3v) is 3.60. The van der Waals surface area contributed by atoms with E-state index in [1.54, 1.807) is 0 Å². The van der Waals surface area contributed by atoms with Crippen molar-refractivity contribution in [1.29, 1.82) is 0 Å². The van der Waals surface area contributed by atoms with E-state index in [0.29, 0.717) is 18.5 Å². The quantitative estimate of drug-likeness (QED) is 0.625. The molecule has 0 heterocycles. The largest absolute Gasteiger partial charge is 0.444 e. The van der Waals surface area contributed by atoms with Gasteiger partial charge in [0.1, 0.15) is 5.60 Å². The average molecular weight is 285 g/mol. The zero-order valence-electron chi connectivity index (χ0n) is 13.2. The van der Waals surface area contributed by atoms with E-state index in [9.17, 15) is 4.79 Å². The maximum absolute atomic E-state index is 11.7. The van der Waals surface area contributed by atoms with Crippen molar-refractivity contribution >= 4 is 6.09 Å². The number of nitrogens with one attached hydrogen (secondary N) is 2. The lowest BCUT2D eigenvalue weighted by Crippen LogP contribution is -2.41. The minimum Gasteiger partial charge on any atom is -0.444 e. The molecule has 1 fully saturated rings. The first-order valence-corrected chi connectivity index (χ1v) is 7.82. The lowest BCUT2D eigenvalue weighted by Gasteiger charge is -2.23. The molecule has 0 aromatic carbocycles. The molecule has 4 N–H and O–H groups in total. The van der Waals surface area contributed by atoms with Crippen molar-refractivity contribution in [3.05, 3.63) is 0 Å². The number of hydrogen-bond donors (Lipinski definition) is 3. The lowest BCUT2D eigenvalue weighted by molar-refractivity contribution is 0.0517. The molecule has 1 aliphatic carbocycles. The molecule has 1 saturated carbocycles. The topological polar surface area (TPSA) is 76.4 Å². The molecule has 0 radical (unpaired) electrons. The van der Waals surface area contributed by atoms with Crippen LogP contribution < -0.4 is 16.4 Å². The summed E-state index contributed by atoms with van der Waals surface area (Å²) in [6.07, 6.45) is 5.48. The van der Waals surface area contributed by atoms with Crippen LogP contribution in [0.2, 0.25) is 0 Å². The van der Waals surface area contributed by atoms with Crippen molar-refractivity contribution < 1.29 is 9.53 Å². The van der Waals surface area contributed by atoms with Crippen LogP contribution in [0.4, 0.5) is 4.79 Å². The number of nitrogens with two attached hydrogens (primary N) is 1. The Kier molecular flexibility index (Phi) is 7.30. The van der Waals surface area contributed by atoms with Gasteiger partial charge in [-0.1, -0.05) is 6.42 Å². The Morgan fingerprint density at radius 2 is 2.05 bits per heavy atom. The molecule has 1 aliphatic rings. The maximum atomic E-state index is 11.7. The molecule has 0 aromatic rings. The van der Waals surface area contributed by atoms with E-state index in [0.717, 1.165) is 25.9 Å². The fourth-order valence-corrected chi connectivity index (χ4v) is 2.64. The van der Waals surface area contributed by atoms with Gasteiger partial charge in [-0.2, -0.15) is 0 Å². The molecule has 0 aromatic heterocycles. The molecular weight excluding hydrogens is 254 g/mol. The van der Waals surface area contributed by atoms with Gasteiger partial charge >= 0.3 is 6.09 Å². The summed E-state index contributed by atoms with van der Waals surface area (Å²) in [5.41, 5.74) is 5.06. The SMILES string of the molecule is CC(C)(C)OC(=O)NCC1CCCC1NCCCCN. The second-order valence-electron chi connectivity index (χ2n) is 6.63. The molecule has 0 aliphatic heterocycles. The minimum absolute atomic E-state index is 0.314. The first-order valence-electron chi connectivity index (χ1n) is 7.82. The highest BCUT2D eigenvalue weighted by Crippen LogP contribution is 2.25. The highest BCUT2D eigenvalue weighted by Gasteiger charge is 2.27. The summed E-state index contributed by atoms with van der Waals surface area (Å²) in [6.45, 7) is 8.11. The standard InChI is InChI=1S/C15H31N3O2/c1-15(2,3)20-14(19)18-11-12-7-6-8-13(12)17-10-5-4-9-16/h12-13,17H,4-11,16H2,1-3H3,(H,18,19). The van der Waals surface area contributed by atoms with E-state index in [1.807, 2.05) is 20.8 Å². The number of amides is 1. The number of unbranched alkanes of at least 4 members (excludes halogenated alkanes) is 1. The normalized spacial score (nSPS) is 22.8. The van der Waals surface area contributed by atoms with Gasteiger partial charge in [0.05, 0.1) is 0 Å². The van der Waals surface area contributed by atoms with E-state index in [2.05, 4.69) is 10.6 Å². The minimum atomic E-state index is -0.431. The Hall–Kier alpha value is -0.810. The molecule has 1 amide bonds. The van der Waals surface area contributed by atoms with Gasteiger partial charge in [-0.05, 0) is 65.5 Å². The molecule has 1 rings (SSSR count). The van der Waals surface area contributed by atoms with Crippen molar-refractivity contribution in [3.8, 4) is 0 Å². The maximum Gasteiger partial charge on any atom is 0.407 e. The van der Waals surface area contributed by atoms with Crippen LogP contribution in [0.25, 0.3) is 0 Å². The molecule has 2 atom stereocenters. The Bertz CT molecular complexity index is 289. The van der Waals surface area contributed by atoms with E-state index in [-0.39, 0.29) is 6.09 Å². The smallest absolute Gasteiger partial charge is 0.407 e. The molecule has 20 heavy (non-hydrogen) atoms. The summed E-state index contributed by atoms with van der Waals surface area (Å²) >= 11 is 0. The Labute approximate surface area is 123 Å². The van der Waals surface area contributed by atoms with E-state index in [4.69, 9.17) is 10.5 Å². The van der Waals surface area contributed by atoms with Crippen LogP contribution in [0, 0.1) is 5.92 Å². The summed E-state index contributed by atoms with van der Waals surface area (Å²) in [6, 6.07) is 0.516. The summed E-state index contributed by atoms with van der Waals surface area (Å²) in [7, 11) is 0. The molecule has 0 bridgehead atoms. The van der Waals surface area contributed by atoms with Crippen LogP contribution in [0.15, 0.2) is 0 Å². The van der Waals surface area contributed by atoms with Gasteiger partial charge in [-0.3, -0.25) is 0 Å². The summed E-state index contributed by atoms with van der Waals surface area (Å²) < 4.78 is 5.26. The van der Waals surface area contributed by atoms with Crippen molar-refractivity contribution in [2.24, 2.45) is 11.7 Å². The molecule has 2 unspecified atom stereocenters. The zero-order chi connectivity index (χ0) is 15.0. The van der Waals surface area contributed by atoms with Crippen molar-refractivity contribution in [2.75, 3.05) is 19.6 Å². The number of hydrogen-bond acceptors (Lipinski definition) is 4. The summed E-state index contributed by atoms with van der Waals surface area (Å²) in [5, 5.41) is 6.48. The van der Waals surface area contributed by atoms with Crippen LogP contribution in [0.5, 0.6) is 0 Å². The average Bonchev–Trinajstić information content (AvgIpc) is 2.77. The second kappa shape index (κ2) is 8.47. The Morgan fingerprint density at radius 3 is 2.70 bits per heavy atom. The number of ether oxygens (including phenoxy) is 1. The summed E-state index contributed by atoms with van der Waals surface area (Å²) in [5.74, 6) is 0.514. The van der Waals surface area contributed by atoms with Crippen LogP contribution in [-0.4, -0.2) is 37.4 Å². The number of rotatable bonds is 7. The number of carbonyl (C=O) groups is 1. The highest BCUT2D eigenvalue weighted by atomic mass is 16.6. The Balaban J connectivity index is 2.22. The van der Waals surface area contributed by atoms with Gasteiger partial charge < -0.3 is 21.1 Å². The van der Waals surface area contributed by atoms with Crippen molar-refractivity contribution in [1.82, 2.24) is 10.6 Å². The van der Waals surface area contributed by atoms with E-state index < -0.39 is 5.60 Å². The number of carbonyl (C=O) groups excluding carboxylic acids is 1. The fourth-order valence-electron chi connectivity index (χ4n) is 2.64. The van der Waals surface area contributed by atoms with Crippen molar-refractivity contribution in [2.45, 2.75) is 64.5 Å². The monoisotopic (exact) mass is 285 g/mol. The third kappa shape index (κ3) is 7.10. The van der Waals surface area contributed by atoms with E-state index in [1.165, 1.54) is 19.3 Å². The molecule has 5 heteroatoms. The van der Waals surface area contributed by atoms with Crippen molar-refractivity contribution in [3.63, 3.8) is 0 Å². The lowest BCUT2D eigenvalue weighted by atomic mass is 10.0. The Morgan fingerprint density at radius 1 is 1.30 bits per heavy atom. The molecular formula is C15H31N3O2. The van der Waals surface area contributed by atoms with Gasteiger partial charge in [0, 0.05) is 12.6 Å². The first kappa shape index (κ1) is 17.2. The highest BCUT2D eigenvalue weighted by molar-refractivity contribution is 5.67. The van der Waals surface area contributed by atoms with Gasteiger partial charge in [0.25, 0.3) is 0 Å². The first-order chi connectivity index (χ1) is 9.42. The predicted molar refractivity (Wildman–Crippen MR) is 81.7 cm³/mol. The van der Waals surface area contributed by atoms with Gasteiger partial charge in [0.2, 0.25) is 0 Å². The van der Waals surface area contributed by atoms with Crippen LogP contribution in [-0.2, 0) is 4.74 Å². The molecule has 0 saturated heterocycles. The van der Waals surface area contributed by atoms with Crippen LogP contribution in [0.1, 0.15) is 52.9 Å². The predicted octanol–water partition coefficient (Wildman–Crippen LogP) is 2.01. The fraction of sp³-hybridized carbons (Fsp3) is 0.933. The van der Waals surface area contributed by atoms with Gasteiger partial charge in [-0.15, -0.1) is 0 Å². The second-order valence-corrected chi connectivity index (χ2v) is 6.63. The molecule has 118 valence electrons. The van der Waals surface area contributed by atoms with Gasteiger partial charge in [-0.25, -0.2) is 4.79 Å².